The molecule has 2 aromatic heterocycles. The molecular formula is C15H14N2O2. The van der Waals surface area contributed by atoms with Crippen molar-refractivity contribution in [2.45, 2.75) is 6.92 Å². The minimum Gasteiger partial charge on any atom is -0.497 e. The lowest BCUT2D eigenvalue weighted by atomic mass is 10.0. The summed E-state index contributed by atoms with van der Waals surface area (Å²) in [7, 11) is 1.65. The number of anilines is 1. The molecule has 3 rings (SSSR count). The largest absolute Gasteiger partial charge is 0.497 e. The third kappa shape index (κ3) is 1.91. The maximum absolute atomic E-state index is 5.96. The van der Waals surface area contributed by atoms with Crippen molar-refractivity contribution in [1.29, 1.82) is 0 Å². The van der Waals surface area contributed by atoms with Gasteiger partial charge in [-0.05, 0) is 36.2 Å². The second-order valence-electron chi connectivity index (χ2n) is 4.41. The van der Waals surface area contributed by atoms with Gasteiger partial charge in [0.05, 0.1) is 18.2 Å². The van der Waals surface area contributed by atoms with Crippen LogP contribution >= 0.6 is 0 Å². The van der Waals surface area contributed by atoms with E-state index in [0.29, 0.717) is 11.4 Å². The third-order valence-corrected chi connectivity index (χ3v) is 3.10. The lowest BCUT2D eigenvalue weighted by Gasteiger charge is -2.06. The number of hydrogen-bond acceptors (Lipinski definition) is 4. The fourth-order valence-electron chi connectivity index (χ4n) is 2.19. The molecule has 0 aliphatic rings. The molecule has 0 amide bonds. The Kier molecular flexibility index (Phi) is 2.63. The van der Waals surface area contributed by atoms with Crippen molar-refractivity contribution in [1.82, 2.24) is 4.98 Å². The number of benzene rings is 1. The van der Waals surface area contributed by atoms with Crippen molar-refractivity contribution < 1.29 is 9.15 Å². The van der Waals surface area contributed by atoms with E-state index < -0.39 is 0 Å². The Hall–Kier alpha value is -2.49. The number of methoxy groups -OCH3 is 1. The molecule has 0 saturated carbocycles. The summed E-state index contributed by atoms with van der Waals surface area (Å²) in [5, 5.41) is 0.857. The predicted octanol–water partition coefficient (Wildman–Crippen LogP) is 3.39. The van der Waals surface area contributed by atoms with Crippen LogP contribution in [0.4, 0.5) is 5.69 Å². The van der Waals surface area contributed by atoms with E-state index in [-0.39, 0.29) is 0 Å². The van der Waals surface area contributed by atoms with Crippen molar-refractivity contribution >= 4 is 16.8 Å². The zero-order valence-corrected chi connectivity index (χ0v) is 10.8. The minimum atomic E-state index is 0.573. The van der Waals surface area contributed by atoms with Crippen molar-refractivity contribution in [2.75, 3.05) is 12.8 Å². The highest BCUT2D eigenvalue weighted by molar-refractivity contribution is 6.00. The number of nitrogens with two attached hydrogens (primary N) is 1. The van der Waals surface area contributed by atoms with E-state index in [1.165, 1.54) is 6.26 Å². The van der Waals surface area contributed by atoms with Gasteiger partial charge in [0.2, 0.25) is 5.71 Å². The molecule has 19 heavy (non-hydrogen) atoms. The number of rotatable bonds is 2. The van der Waals surface area contributed by atoms with E-state index in [1.54, 1.807) is 7.11 Å². The van der Waals surface area contributed by atoms with Crippen LogP contribution in [-0.4, -0.2) is 12.1 Å². The van der Waals surface area contributed by atoms with Crippen LogP contribution in [-0.2, 0) is 0 Å². The Morgan fingerprint density at radius 3 is 2.63 bits per heavy atom. The molecule has 3 aromatic rings. The molecule has 0 radical (unpaired) electrons. The van der Waals surface area contributed by atoms with E-state index in [1.807, 2.05) is 37.3 Å². The summed E-state index contributed by atoms with van der Waals surface area (Å²) in [6.45, 7) is 1.94. The fraction of sp³-hybridized carbons (Fsp3) is 0.133. The van der Waals surface area contributed by atoms with Gasteiger partial charge < -0.3 is 14.9 Å². The van der Waals surface area contributed by atoms with Gasteiger partial charge in [-0.1, -0.05) is 12.1 Å². The number of fused-ring (bicyclic) bond motifs is 1. The molecule has 2 heterocycles. The average molecular weight is 254 g/mol. The van der Waals surface area contributed by atoms with Gasteiger partial charge >= 0.3 is 0 Å². The lowest BCUT2D eigenvalue weighted by Crippen LogP contribution is -1.89. The van der Waals surface area contributed by atoms with Gasteiger partial charge in [0.25, 0.3) is 0 Å². The van der Waals surface area contributed by atoms with Crippen LogP contribution < -0.4 is 10.5 Å². The fourth-order valence-corrected chi connectivity index (χ4v) is 2.19. The Morgan fingerprint density at radius 1 is 1.21 bits per heavy atom. The van der Waals surface area contributed by atoms with Crippen molar-refractivity contribution in [2.24, 2.45) is 0 Å². The van der Waals surface area contributed by atoms with Gasteiger partial charge in [-0.25, -0.2) is 4.98 Å². The summed E-state index contributed by atoms with van der Waals surface area (Å²) >= 11 is 0. The molecule has 4 heteroatoms. The van der Waals surface area contributed by atoms with Gasteiger partial charge in [-0.15, -0.1) is 0 Å². The molecule has 0 fully saturated rings. The molecule has 0 spiro atoms. The number of aryl methyl sites for hydroxylation is 1. The number of nitrogen functional groups attached to an aromatic ring is 1. The highest BCUT2D eigenvalue weighted by Crippen LogP contribution is 2.34. The molecule has 1 aromatic carbocycles. The zero-order valence-electron chi connectivity index (χ0n) is 10.8. The molecule has 0 aliphatic heterocycles. The Labute approximate surface area is 110 Å². The molecule has 0 atom stereocenters. The highest BCUT2D eigenvalue weighted by Gasteiger charge is 2.12. The first kappa shape index (κ1) is 11.6. The van der Waals surface area contributed by atoms with Crippen molar-refractivity contribution in [3.05, 3.63) is 42.3 Å². The molecule has 4 nitrogen and oxygen atoms in total. The van der Waals surface area contributed by atoms with Gasteiger partial charge in [0.1, 0.15) is 12.0 Å². The van der Waals surface area contributed by atoms with Crippen LogP contribution in [0.15, 0.2) is 41.0 Å². The second-order valence-corrected chi connectivity index (χ2v) is 4.41. The molecule has 0 saturated heterocycles. The standard InChI is InChI=1S/C15H14N2O2/c1-9-7-12(10-3-5-11(18-2)6-4-10)14-13(16)8-19-15(14)17-9/h3-8H,16H2,1-2H3. The van der Waals surface area contributed by atoms with E-state index in [0.717, 1.165) is 28.0 Å². The van der Waals surface area contributed by atoms with Crippen LogP contribution in [0.5, 0.6) is 5.75 Å². The van der Waals surface area contributed by atoms with E-state index >= 15 is 0 Å². The van der Waals surface area contributed by atoms with Crippen molar-refractivity contribution in [3.63, 3.8) is 0 Å². The minimum absolute atomic E-state index is 0.573. The van der Waals surface area contributed by atoms with Crippen LogP contribution in [0.2, 0.25) is 0 Å². The van der Waals surface area contributed by atoms with Crippen LogP contribution in [0.3, 0.4) is 0 Å². The van der Waals surface area contributed by atoms with Crippen LogP contribution in [0.1, 0.15) is 5.69 Å². The highest BCUT2D eigenvalue weighted by atomic mass is 16.5. The first-order valence-corrected chi connectivity index (χ1v) is 5.98. The topological polar surface area (TPSA) is 61.3 Å². The van der Waals surface area contributed by atoms with E-state index in [2.05, 4.69) is 4.98 Å². The molecule has 96 valence electrons. The number of pyridine rings is 1. The van der Waals surface area contributed by atoms with E-state index in [9.17, 15) is 0 Å². The number of aromatic nitrogens is 1. The molecular weight excluding hydrogens is 240 g/mol. The summed E-state index contributed by atoms with van der Waals surface area (Å²) in [6.07, 6.45) is 1.53. The zero-order chi connectivity index (χ0) is 13.4. The summed E-state index contributed by atoms with van der Waals surface area (Å²) in [5.74, 6) is 0.825. The number of ether oxygens (including phenoxy) is 1. The van der Waals surface area contributed by atoms with E-state index in [4.69, 9.17) is 14.9 Å². The van der Waals surface area contributed by atoms with Gasteiger partial charge in [-0.2, -0.15) is 0 Å². The van der Waals surface area contributed by atoms with Gasteiger partial charge in [0, 0.05) is 5.69 Å². The second kappa shape index (κ2) is 4.31. The molecule has 0 bridgehead atoms. The monoisotopic (exact) mass is 254 g/mol. The summed E-state index contributed by atoms with van der Waals surface area (Å²) < 4.78 is 10.5. The number of nitrogens with zero attached hydrogens (tertiary/aromatic N) is 1. The average Bonchev–Trinajstić information content (AvgIpc) is 2.79. The molecule has 2 N–H and O–H groups in total. The van der Waals surface area contributed by atoms with Gasteiger partial charge in [-0.3, -0.25) is 0 Å². The van der Waals surface area contributed by atoms with Crippen LogP contribution in [0, 0.1) is 6.92 Å². The Bertz CT molecular complexity index is 730. The summed E-state index contributed by atoms with van der Waals surface area (Å²) in [6, 6.07) is 9.86. The first-order chi connectivity index (χ1) is 9.19. The lowest BCUT2D eigenvalue weighted by molar-refractivity contribution is 0.415. The predicted molar refractivity (Wildman–Crippen MR) is 75.1 cm³/mol. The molecule has 0 aliphatic carbocycles. The van der Waals surface area contributed by atoms with Crippen LogP contribution in [0.25, 0.3) is 22.2 Å². The quantitative estimate of drug-likeness (QED) is 0.761. The third-order valence-electron chi connectivity index (χ3n) is 3.10. The maximum Gasteiger partial charge on any atom is 0.228 e. The SMILES string of the molecule is COc1ccc(-c2cc(C)nc3occ(N)c23)cc1. The number of furan rings is 1. The van der Waals surface area contributed by atoms with Gasteiger partial charge in [0.15, 0.2) is 0 Å². The van der Waals surface area contributed by atoms with Crippen molar-refractivity contribution in [3.8, 4) is 16.9 Å². The smallest absolute Gasteiger partial charge is 0.228 e. The first-order valence-electron chi connectivity index (χ1n) is 5.98. The summed E-state index contributed by atoms with van der Waals surface area (Å²) in [4.78, 5) is 4.35. The molecule has 0 unspecified atom stereocenters. The Balaban J connectivity index is 2.25. The normalized spacial score (nSPS) is 10.8. The maximum atomic E-state index is 5.96. The summed E-state index contributed by atoms with van der Waals surface area (Å²) in [5.41, 5.74) is 10.1. The number of hydrogen-bond donors (Lipinski definition) is 1. The Morgan fingerprint density at radius 2 is 1.95 bits per heavy atom.